The molecule has 0 unspecified atom stereocenters. The summed E-state index contributed by atoms with van der Waals surface area (Å²) in [7, 11) is 0. The summed E-state index contributed by atoms with van der Waals surface area (Å²) in [5.41, 5.74) is 1.60. The molecule has 0 aliphatic rings. The number of nitrogens with one attached hydrogen (secondary N) is 1. The first-order valence-electron chi connectivity index (χ1n) is 5.74. The quantitative estimate of drug-likeness (QED) is 0.639. The van der Waals surface area contributed by atoms with Gasteiger partial charge in [-0.05, 0) is 50.1 Å². The Hall–Kier alpha value is -1.24. The Balaban J connectivity index is 1.87. The molecule has 1 amide bonds. The number of halogens is 2. The van der Waals surface area contributed by atoms with E-state index in [1.807, 2.05) is 30.3 Å². The number of para-hydroxylation sites is 1. The number of carbonyl (C=O) groups excluding carboxylic acids is 1. The maximum Gasteiger partial charge on any atom is 0.265 e. The van der Waals surface area contributed by atoms with Gasteiger partial charge in [0.15, 0.2) is 0 Å². The molecular formula is C14H8Br2N2OS. The van der Waals surface area contributed by atoms with Gasteiger partial charge in [-0.25, -0.2) is 0 Å². The molecule has 2 heterocycles. The van der Waals surface area contributed by atoms with Crippen LogP contribution in [0.2, 0.25) is 0 Å². The summed E-state index contributed by atoms with van der Waals surface area (Å²) in [6, 6.07) is 11.5. The third kappa shape index (κ3) is 2.77. The Labute approximate surface area is 136 Å². The summed E-state index contributed by atoms with van der Waals surface area (Å²) >= 11 is 8.14. The minimum Gasteiger partial charge on any atom is -0.320 e. The number of thiophene rings is 1. The maximum atomic E-state index is 12.1. The highest BCUT2D eigenvalue weighted by Gasteiger charge is 2.12. The van der Waals surface area contributed by atoms with E-state index < -0.39 is 0 Å². The molecule has 100 valence electrons. The van der Waals surface area contributed by atoms with Gasteiger partial charge in [-0.1, -0.05) is 18.2 Å². The van der Waals surface area contributed by atoms with Gasteiger partial charge >= 0.3 is 0 Å². The van der Waals surface area contributed by atoms with Crippen molar-refractivity contribution in [3.05, 3.63) is 55.7 Å². The molecule has 0 spiro atoms. The average Bonchev–Trinajstić information content (AvgIpc) is 2.79. The summed E-state index contributed by atoms with van der Waals surface area (Å²) < 4.78 is 1.78. The van der Waals surface area contributed by atoms with Crippen LogP contribution in [0.3, 0.4) is 0 Å². The van der Waals surface area contributed by atoms with Gasteiger partial charge in [0, 0.05) is 9.86 Å². The van der Waals surface area contributed by atoms with E-state index in [2.05, 4.69) is 42.2 Å². The van der Waals surface area contributed by atoms with Crippen molar-refractivity contribution in [3.63, 3.8) is 0 Å². The zero-order valence-electron chi connectivity index (χ0n) is 10.1. The van der Waals surface area contributed by atoms with Gasteiger partial charge in [-0.3, -0.25) is 9.78 Å². The van der Waals surface area contributed by atoms with E-state index in [1.54, 1.807) is 12.3 Å². The SMILES string of the molecule is O=C(Nc1cnc2ccccc2c1)c1cc(Br)c(Br)s1. The van der Waals surface area contributed by atoms with E-state index in [9.17, 15) is 4.79 Å². The number of hydrogen-bond acceptors (Lipinski definition) is 3. The lowest BCUT2D eigenvalue weighted by Crippen LogP contribution is -2.10. The van der Waals surface area contributed by atoms with Crippen molar-refractivity contribution in [2.75, 3.05) is 5.32 Å². The van der Waals surface area contributed by atoms with Crippen LogP contribution >= 0.6 is 43.2 Å². The normalized spacial score (nSPS) is 10.7. The lowest BCUT2D eigenvalue weighted by molar-refractivity contribution is 0.103. The number of benzene rings is 1. The van der Waals surface area contributed by atoms with Crippen molar-refractivity contribution in [3.8, 4) is 0 Å². The van der Waals surface area contributed by atoms with E-state index in [0.29, 0.717) is 10.6 Å². The van der Waals surface area contributed by atoms with Crippen LogP contribution in [0.5, 0.6) is 0 Å². The largest absolute Gasteiger partial charge is 0.320 e. The Bertz CT molecular complexity index is 781. The summed E-state index contributed by atoms with van der Waals surface area (Å²) in [6.07, 6.45) is 1.66. The fraction of sp³-hybridized carbons (Fsp3) is 0. The Kier molecular flexibility index (Phi) is 3.87. The number of aromatic nitrogens is 1. The van der Waals surface area contributed by atoms with Crippen LogP contribution in [0.25, 0.3) is 10.9 Å². The van der Waals surface area contributed by atoms with E-state index in [-0.39, 0.29) is 5.91 Å². The number of hydrogen-bond donors (Lipinski definition) is 1. The van der Waals surface area contributed by atoms with E-state index in [0.717, 1.165) is 19.2 Å². The second kappa shape index (κ2) is 5.63. The standard InChI is InChI=1S/C14H8Br2N2OS/c15-10-6-12(20-13(10)16)14(19)18-9-5-8-3-1-2-4-11(8)17-7-9/h1-7H,(H,18,19). The highest BCUT2D eigenvalue weighted by Crippen LogP contribution is 2.32. The maximum absolute atomic E-state index is 12.1. The third-order valence-corrected chi connectivity index (χ3v) is 5.97. The smallest absolute Gasteiger partial charge is 0.265 e. The third-order valence-electron chi connectivity index (χ3n) is 2.72. The monoisotopic (exact) mass is 410 g/mol. The molecule has 0 atom stereocenters. The number of fused-ring (bicyclic) bond motifs is 1. The minimum atomic E-state index is -0.140. The molecule has 0 bridgehead atoms. The molecule has 1 N–H and O–H groups in total. The van der Waals surface area contributed by atoms with Crippen molar-refractivity contribution < 1.29 is 4.79 Å². The summed E-state index contributed by atoms with van der Waals surface area (Å²) in [5.74, 6) is -0.140. The first kappa shape index (κ1) is 13.7. The summed E-state index contributed by atoms with van der Waals surface area (Å²) in [6.45, 7) is 0. The average molecular weight is 412 g/mol. The molecule has 0 radical (unpaired) electrons. The fourth-order valence-corrected chi connectivity index (χ4v) is 3.72. The molecular weight excluding hydrogens is 404 g/mol. The van der Waals surface area contributed by atoms with Crippen molar-refractivity contribution >= 4 is 65.7 Å². The van der Waals surface area contributed by atoms with E-state index in [4.69, 9.17) is 0 Å². The van der Waals surface area contributed by atoms with Crippen LogP contribution < -0.4 is 5.32 Å². The van der Waals surface area contributed by atoms with Crippen molar-refractivity contribution in [2.24, 2.45) is 0 Å². The van der Waals surface area contributed by atoms with E-state index in [1.165, 1.54) is 11.3 Å². The molecule has 2 aromatic heterocycles. The van der Waals surface area contributed by atoms with Gasteiger partial charge in [-0.2, -0.15) is 0 Å². The fourth-order valence-electron chi connectivity index (χ4n) is 1.79. The van der Waals surface area contributed by atoms with Crippen molar-refractivity contribution in [2.45, 2.75) is 0 Å². The molecule has 0 aliphatic heterocycles. The number of nitrogens with zero attached hydrogens (tertiary/aromatic N) is 1. The van der Waals surface area contributed by atoms with Gasteiger partial charge in [0.2, 0.25) is 0 Å². The Morgan fingerprint density at radius 3 is 2.75 bits per heavy atom. The lowest BCUT2D eigenvalue weighted by Gasteiger charge is -2.04. The topological polar surface area (TPSA) is 42.0 Å². The van der Waals surface area contributed by atoms with Crippen LogP contribution in [-0.2, 0) is 0 Å². The molecule has 0 saturated carbocycles. The van der Waals surface area contributed by atoms with Gasteiger partial charge in [-0.15, -0.1) is 11.3 Å². The van der Waals surface area contributed by atoms with Crippen LogP contribution in [-0.4, -0.2) is 10.9 Å². The molecule has 3 aromatic rings. The second-order valence-corrected chi connectivity index (χ2v) is 7.33. The van der Waals surface area contributed by atoms with Gasteiger partial charge in [0.25, 0.3) is 5.91 Å². The highest BCUT2D eigenvalue weighted by molar-refractivity contribution is 9.13. The first-order chi connectivity index (χ1) is 9.63. The Morgan fingerprint density at radius 2 is 2.00 bits per heavy atom. The van der Waals surface area contributed by atoms with Crippen molar-refractivity contribution in [1.82, 2.24) is 4.98 Å². The lowest BCUT2D eigenvalue weighted by atomic mass is 10.2. The second-order valence-electron chi connectivity index (χ2n) is 4.10. The zero-order valence-corrected chi connectivity index (χ0v) is 14.0. The predicted molar refractivity (Wildman–Crippen MR) is 89.4 cm³/mol. The number of carbonyl (C=O) groups is 1. The first-order valence-corrected chi connectivity index (χ1v) is 8.15. The molecule has 0 aliphatic carbocycles. The number of rotatable bonds is 2. The molecule has 6 heteroatoms. The van der Waals surface area contributed by atoms with Crippen LogP contribution in [0.15, 0.2) is 50.9 Å². The molecule has 0 saturated heterocycles. The molecule has 3 rings (SSSR count). The summed E-state index contributed by atoms with van der Waals surface area (Å²) in [4.78, 5) is 17.1. The molecule has 0 fully saturated rings. The van der Waals surface area contributed by atoms with Gasteiger partial charge in [0.05, 0.1) is 26.1 Å². The van der Waals surface area contributed by atoms with Crippen LogP contribution in [0, 0.1) is 0 Å². The highest BCUT2D eigenvalue weighted by atomic mass is 79.9. The molecule has 3 nitrogen and oxygen atoms in total. The summed E-state index contributed by atoms with van der Waals surface area (Å²) in [5, 5.41) is 3.86. The van der Waals surface area contributed by atoms with Gasteiger partial charge < -0.3 is 5.32 Å². The number of amides is 1. The Morgan fingerprint density at radius 1 is 1.20 bits per heavy atom. The predicted octanol–water partition coefficient (Wildman–Crippen LogP) is 5.07. The number of pyridine rings is 1. The van der Waals surface area contributed by atoms with Gasteiger partial charge in [0.1, 0.15) is 0 Å². The zero-order chi connectivity index (χ0) is 14.1. The van der Waals surface area contributed by atoms with E-state index >= 15 is 0 Å². The van der Waals surface area contributed by atoms with Crippen LogP contribution in [0.4, 0.5) is 5.69 Å². The minimum absolute atomic E-state index is 0.140. The molecule has 1 aromatic carbocycles. The molecule has 20 heavy (non-hydrogen) atoms. The number of anilines is 1. The van der Waals surface area contributed by atoms with Crippen LogP contribution in [0.1, 0.15) is 9.67 Å². The van der Waals surface area contributed by atoms with Crippen molar-refractivity contribution in [1.29, 1.82) is 0 Å².